The minimum atomic E-state index is -0.0249. The van der Waals surface area contributed by atoms with Gasteiger partial charge in [0.05, 0.1) is 12.1 Å². The molecule has 1 aliphatic heterocycles. The molecule has 0 saturated heterocycles. The highest BCUT2D eigenvalue weighted by molar-refractivity contribution is 8.14. The van der Waals surface area contributed by atoms with Gasteiger partial charge in [-0.25, -0.2) is 0 Å². The third kappa shape index (κ3) is 2.07. The Morgan fingerprint density at radius 1 is 1.50 bits per heavy atom. The average Bonchev–Trinajstić information content (AvgIpc) is 2.94. The van der Waals surface area contributed by atoms with Gasteiger partial charge in [0.1, 0.15) is 0 Å². The summed E-state index contributed by atoms with van der Waals surface area (Å²) in [6, 6.07) is 2.60. The minimum Gasteiger partial charge on any atom is -0.345 e. The standard InChI is InChI=1S/C13H17N3OS/c1-8-7-11(9(2)16(8)10-3-4-10)12(17)15-13-14-5-6-18-13/h7,10H,3-6H2,1-2H3,(H,14,15,17). The first-order valence-electron chi connectivity index (χ1n) is 6.34. The molecular weight excluding hydrogens is 246 g/mol. The van der Waals surface area contributed by atoms with Crippen LogP contribution in [0, 0.1) is 13.8 Å². The van der Waals surface area contributed by atoms with E-state index in [2.05, 4.69) is 21.8 Å². The van der Waals surface area contributed by atoms with Crippen LogP contribution in [0.3, 0.4) is 0 Å². The highest BCUT2D eigenvalue weighted by Crippen LogP contribution is 2.38. The van der Waals surface area contributed by atoms with Gasteiger partial charge in [-0.3, -0.25) is 9.79 Å². The zero-order valence-corrected chi connectivity index (χ0v) is 11.5. The van der Waals surface area contributed by atoms with E-state index in [0.717, 1.165) is 28.7 Å². The molecule has 18 heavy (non-hydrogen) atoms. The quantitative estimate of drug-likeness (QED) is 0.889. The molecule has 0 spiro atoms. The van der Waals surface area contributed by atoms with Gasteiger partial charge in [0.15, 0.2) is 5.17 Å². The Hall–Kier alpha value is -1.23. The number of aromatic nitrogens is 1. The van der Waals surface area contributed by atoms with Crippen molar-refractivity contribution in [3.63, 3.8) is 0 Å². The minimum absolute atomic E-state index is 0.0249. The molecule has 1 fully saturated rings. The Kier molecular flexibility index (Phi) is 2.93. The maximum absolute atomic E-state index is 12.2. The largest absolute Gasteiger partial charge is 0.345 e. The van der Waals surface area contributed by atoms with E-state index in [9.17, 15) is 4.79 Å². The van der Waals surface area contributed by atoms with E-state index < -0.39 is 0 Å². The van der Waals surface area contributed by atoms with Crippen LogP contribution in [0.5, 0.6) is 0 Å². The zero-order chi connectivity index (χ0) is 12.7. The highest BCUT2D eigenvalue weighted by atomic mass is 32.2. The summed E-state index contributed by atoms with van der Waals surface area (Å²) in [4.78, 5) is 16.5. The summed E-state index contributed by atoms with van der Waals surface area (Å²) in [6.45, 7) is 4.91. The van der Waals surface area contributed by atoms with E-state index in [1.807, 2.05) is 13.0 Å². The number of hydrogen-bond donors (Lipinski definition) is 1. The monoisotopic (exact) mass is 263 g/mol. The van der Waals surface area contributed by atoms with Crippen LogP contribution in [0.4, 0.5) is 0 Å². The summed E-state index contributed by atoms with van der Waals surface area (Å²) in [6.07, 6.45) is 2.47. The number of aryl methyl sites for hydroxylation is 1. The summed E-state index contributed by atoms with van der Waals surface area (Å²) in [7, 11) is 0. The zero-order valence-electron chi connectivity index (χ0n) is 10.7. The number of carbonyl (C=O) groups excluding carboxylic acids is 1. The van der Waals surface area contributed by atoms with Gasteiger partial charge >= 0.3 is 0 Å². The summed E-state index contributed by atoms with van der Waals surface area (Å²) >= 11 is 1.61. The van der Waals surface area contributed by atoms with E-state index in [-0.39, 0.29) is 5.91 Å². The maximum Gasteiger partial charge on any atom is 0.259 e. The number of amidine groups is 1. The van der Waals surface area contributed by atoms with Crippen LogP contribution >= 0.6 is 11.8 Å². The van der Waals surface area contributed by atoms with Crippen molar-refractivity contribution in [1.82, 2.24) is 9.88 Å². The lowest BCUT2D eigenvalue weighted by Gasteiger charge is -2.08. The molecule has 5 heteroatoms. The van der Waals surface area contributed by atoms with Crippen LogP contribution in [0.15, 0.2) is 11.1 Å². The first-order valence-corrected chi connectivity index (χ1v) is 7.32. The predicted octanol–water partition coefficient (Wildman–Crippen LogP) is 2.27. The first kappa shape index (κ1) is 11.8. The molecule has 0 aromatic carbocycles. The highest BCUT2D eigenvalue weighted by Gasteiger charge is 2.28. The van der Waals surface area contributed by atoms with Crippen molar-refractivity contribution in [2.75, 3.05) is 12.3 Å². The van der Waals surface area contributed by atoms with Crippen LogP contribution < -0.4 is 5.32 Å². The van der Waals surface area contributed by atoms with Crippen LogP contribution in [-0.4, -0.2) is 27.9 Å². The molecule has 1 aromatic rings. The van der Waals surface area contributed by atoms with Gasteiger partial charge in [-0.05, 0) is 32.8 Å². The van der Waals surface area contributed by atoms with Crippen LogP contribution in [0.25, 0.3) is 0 Å². The molecular formula is C13H17N3OS. The fraction of sp³-hybridized carbons (Fsp3) is 0.538. The molecule has 4 nitrogen and oxygen atoms in total. The van der Waals surface area contributed by atoms with Crippen molar-refractivity contribution in [2.45, 2.75) is 32.7 Å². The van der Waals surface area contributed by atoms with Crippen LogP contribution in [-0.2, 0) is 0 Å². The number of carbonyl (C=O) groups is 1. The Balaban J connectivity index is 1.83. The number of rotatable bonds is 2. The van der Waals surface area contributed by atoms with Crippen molar-refractivity contribution in [2.24, 2.45) is 4.99 Å². The van der Waals surface area contributed by atoms with E-state index in [1.165, 1.54) is 18.5 Å². The van der Waals surface area contributed by atoms with Crippen LogP contribution in [0.2, 0.25) is 0 Å². The molecule has 0 bridgehead atoms. The smallest absolute Gasteiger partial charge is 0.259 e. The van der Waals surface area contributed by atoms with Gasteiger partial charge in [0.25, 0.3) is 5.91 Å². The molecule has 3 rings (SSSR count). The van der Waals surface area contributed by atoms with E-state index in [1.54, 1.807) is 11.8 Å². The number of thioether (sulfide) groups is 1. The lowest BCUT2D eigenvalue weighted by Crippen LogP contribution is -2.27. The van der Waals surface area contributed by atoms with Gasteiger partial charge in [-0.2, -0.15) is 0 Å². The molecule has 1 N–H and O–H groups in total. The first-order chi connectivity index (χ1) is 8.66. The second kappa shape index (κ2) is 4.46. The maximum atomic E-state index is 12.2. The summed E-state index contributed by atoms with van der Waals surface area (Å²) in [5.74, 6) is 0.944. The molecule has 1 saturated carbocycles. The van der Waals surface area contributed by atoms with Crippen molar-refractivity contribution in [3.05, 3.63) is 23.0 Å². The number of amides is 1. The fourth-order valence-corrected chi connectivity index (χ4v) is 3.20. The molecule has 1 aromatic heterocycles. The third-order valence-corrected chi connectivity index (χ3v) is 4.34. The van der Waals surface area contributed by atoms with Crippen molar-refractivity contribution in [3.8, 4) is 0 Å². The molecule has 2 heterocycles. The molecule has 0 unspecified atom stereocenters. The predicted molar refractivity (Wildman–Crippen MR) is 74.4 cm³/mol. The average molecular weight is 263 g/mol. The van der Waals surface area contributed by atoms with Gasteiger partial charge in [0, 0.05) is 23.2 Å². The molecule has 1 aliphatic carbocycles. The number of aliphatic imine (C=N–C) groups is 1. The molecule has 0 radical (unpaired) electrons. The lowest BCUT2D eigenvalue weighted by molar-refractivity contribution is 0.0977. The Bertz CT molecular complexity index is 529. The van der Waals surface area contributed by atoms with Gasteiger partial charge in [0.2, 0.25) is 0 Å². The van der Waals surface area contributed by atoms with Crippen molar-refractivity contribution >= 4 is 22.8 Å². The SMILES string of the molecule is Cc1cc(C(=O)NC2=NCCS2)c(C)n1C1CC1. The number of nitrogens with one attached hydrogen (secondary N) is 1. The van der Waals surface area contributed by atoms with E-state index >= 15 is 0 Å². The molecule has 1 amide bonds. The summed E-state index contributed by atoms with van der Waals surface area (Å²) in [5.41, 5.74) is 3.05. The second-order valence-corrected chi connectivity index (χ2v) is 5.96. The van der Waals surface area contributed by atoms with Gasteiger partial charge in [-0.1, -0.05) is 11.8 Å². The van der Waals surface area contributed by atoms with Gasteiger partial charge in [-0.15, -0.1) is 0 Å². The van der Waals surface area contributed by atoms with Crippen molar-refractivity contribution < 1.29 is 4.79 Å². The van der Waals surface area contributed by atoms with Gasteiger partial charge < -0.3 is 9.88 Å². The molecule has 0 atom stereocenters. The second-order valence-electron chi connectivity index (χ2n) is 4.88. The number of hydrogen-bond acceptors (Lipinski definition) is 3. The normalized spacial score (nSPS) is 18.9. The topological polar surface area (TPSA) is 46.4 Å². The van der Waals surface area contributed by atoms with E-state index in [4.69, 9.17) is 0 Å². The lowest BCUT2D eigenvalue weighted by atomic mass is 10.2. The number of nitrogens with zero attached hydrogens (tertiary/aromatic N) is 2. The Morgan fingerprint density at radius 3 is 2.89 bits per heavy atom. The molecule has 2 aliphatic rings. The fourth-order valence-electron chi connectivity index (χ4n) is 2.48. The summed E-state index contributed by atoms with van der Waals surface area (Å²) < 4.78 is 2.29. The molecule has 96 valence electrons. The Morgan fingerprint density at radius 2 is 2.28 bits per heavy atom. The Labute approximate surface area is 111 Å². The van der Waals surface area contributed by atoms with E-state index in [0.29, 0.717) is 6.04 Å². The third-order valence-electron chi connectivity index (χ3n) is 3.45. The summed E-state index contributed by atoms with van der Waals surface area (Å²) in [5, 5.41) is 3.66. The van der Waals surface area contributed by atoms with Crippen molar-refractivity contribution in [1.29, 1.82) is 0 Å². The van der Waals surface area contributed by atoms with Crippen LogP contribution in [0.1, 0.15) is 40.6 Å².